The van der Waals surface area contributed by atoms with Crippen molar-refractivity contribution in [2.24, 2.45) is 5.92 Å². The molecule has 4 nitrogen and oxygen atoms in total. The minimum atomic E-state index is -0.431. The number of ether oxygens (including phenoxy) is 1. The van der Waals surface area contributed by atoms with Gasteiger partial charge in [-0.1, -0.05) is 13.8 Å². The minimum Gasteiger partial charge on any atom is -0.444 e. The Morgan fingerprint density at radius 1 is 1.45 bits per heavy atom. The van der Waals surface area contributed by atoms with Gasteiger partial charge in [-0.25, -0.2) is 4.79 Å². The number of hydrogen-bond acceptors (Lipinski definition) is 3. The first kappa shape index (κ1) is 17.3. The predicted molar refractivity (Wildman–Crippen MR) is 82.9 cm³/mol. The van der Waals surface area contributed by atoms with Crippen LogP contribution in [0.15, 0.2) is 0 Å². The lowest BCUT2D eigenvalue weighted by Crippen LogP contribution is -2.55. The van der Waals surface area contributed by atoms with E-state index in [9.17, 15) is 4.79 Å². The highest BCUT2D eigenvalue weighted by atomic mass is 16.6. The van der Waals surface area contributed by atoms with Crippen LogP contribution < -0.4 is 0 Å². The average molecular weight is 284 g/mol. The lowest BCUT2D eigenvalue weighted by Gasteiger charge is -2.43. The molecule has 0 saturated carbocycles. The highest BCUT2D eigenvalue weighted by Gasteiger charge is 2.34. The molecular formula is C16H32N2O2. The van der Waals surface area contributed by atoms with Crippen molar-refractivity contribution in [1.82, 2.24) is 9.80 Å². The van der Waals surface area contributed by atoms with Gasteiger partial charge in [-0.3, -0.25) is 4.90 Å². The van der Waals surface area contributed by atoms with Gasteiger partial charge in [0.2, 0.25) is 0 Å². The standard InChI is InChI=1S/C16H32N2O2/c1-8-13(3)18-10-9-12(2)14(11-18)17(7)15(19)20-16(4,5)6/h12-14H,8-11H2,1-7H3. The summed E-state index contributed by atoms with van der Waals surface area (Å²) in [5.41, 5.74) is -0.431. The smallest absolute Gasteiger partial charge is 0.410 e. The molecule has 0 aromatic carbocycles. The highest BCUT2D eigenvalue weighted by Crippen LogP contribution is 2.24. The van der Waals surface area contributed by atoms with Gasteiger partial charge in [-0.05, 0) is 53.0 Å². The van der Waals surface area contributed by atoms with Crippen molar-refractivity contribution in [3.8, 4) is 0 Å². The van der Waals surface area contributed by atoms with Crippen molar-refractivity contribution in [3.05, 3.63) is 0 Å². The van der Waals surface area contributed by atoms with Gasteiger partial charge < -0.3 is 9.64 Å². The summed E-state index contributed by atoms with van der Waals surface area (Å²) >= 11 is 0. The number of nitrogens with zero attached hydrogens (tertiary/aromatic N) is 2. The van der Waals surface area contributed by atoms with Gasteiger partial charge in [0.25, 0.3) is 0 Å². The van der Waals surface area contributed by atoms with E-state index in [0.717, 1.165) is 25.9 Å². The molecule has 0 spiro atoms. The average Bonchev–Trinajstić information content (AvgIpc) is 2.35. The number of piperidine rings is 1. The zero-order valence-electron chi connectivity index (χ0n) is 14.3. The molecule has 1 fully saturated rings. The van der Waals surface area contributed by atoms with E-state index >= 15 is 0 Å². The first-order valence-corrected chi connectivity index (χ1v) is 7.85. The van der Waals surface area contributed by atoms with E-state index in [-0.39, 0.29) is 12.1 Å². The Balaban J connectivity index is 2.69. The van der Waals surface area contributed by atoms with Crippen LogP contribution in [0.3, 0.4) is 0 Å². The molecular weight excluding hydrogens is 252 g/mol. The normalized spacial score (nSPS) is 26.1. The zero-order chi connectivity index (χ0) is 15.5. The summed E-state index contributed by atoms with van der Waals surface area (Å²) in [5.74, 6) is 0.521. The summed E-state index contributed by atoms with van der Waals surface area (Å²) in [5, 5.41) is 0. The van der Waals surface area contributed by atoms with Gasteiger partial charge in [-0.2, -0.15) is 0 Å². The molecule has 1 aliphatic heterocycles. The van der Waals surface area contributed by atoms with E-state index in [4.69, 9.17) is 4.74 Å². The van der Waals surface area contributed by atoms with Crippen molar-refractivity contribution in [3.63, 3.8) is 0 Å². The van der Waals surface area contributed by atoms with Gasteiger partial charge in [0.1, 0.15) is 5.60 Å². The highest BCUT2D eigenvalue weighted by molar-refractivity contribution is 5.68. The van der Waals surface area contributed by atoms with E-state index in [1.54, 1.807) is 4.90 Å². The number of carbonyl (C=O) groups excluding carboxylic acids is 1. The Labute approximate surface area is 124 Å². The van der Waals surface area contributed by atoms with Crippen molar-refractivity contribution >= 4 is 6.09 Å². The molecule has 4 heteroatoms. The second-order valence-corrected chi connectivity index (χ2v) is 7.18. The molecule has 0 aromatic rings. The summed E-state index contributed by atoms with van der Waals surface area (Å²) in [6, 6.07) is 0.824. The number of hydrogen-bond donors (Lipinski definition) is 0. The molecule has 0 aliphatic carbocycles. The molecule has 1 heterocycles. The molecule has 1 saturated heterocycles. The third kappa shape index (κ3) is 4.65. The number of carbonyl (C=O) groups is 1. The first-order valence-electron chi connectivity index (χ1n) is 7.85. The predicted octanol–water partition coefficient (Wildman–Crippen LogP) is 3.36. The van der Waals surface area contributed by atoms with Crippen LogP contribution in [0.2, 0.25) is 0 Å². The summed E-state index contributed by atoms with van der Waals surface area (Å²) in [6.07, 6.45) is 2.08. The maximum atomic E-state index is 12.2. The SMILES string of the molecule is CCC(C)N1CCC(C)C(N(C)C(=O)OC(C)(C)C)C1. The quantitative estimate of drug-likeness (QED) is 0.796. The lowest BCUT2D eigenvalue weighted by atomic mass is 9.91. The van der Waals surface area contributed by atoms with Crippen LogP contribution in [0.25, 0.3) is 0 Å². The molecule has 0 N–H and O–H groups in total. The van der Waals surface area contributed by atoms with Gasteiger partial charge in [0.15, 0.2) is 0 Å². The maximum absolute atomic E-state index is 12.2. The van der Waals surface area contributed by atoms with Crippen molar-refractivity contribution in [2.45, 2.75) is 72.1 Å². The van der Waals surface area contributed by atoms with E-state index in [0.29, 0.717) is 12.0 Å². The van der Waals surface area contributed by atoms with Crippen LogP contribution in [0.1, 0.15) is 54.4 Å². The Kier molecular flexibility index (Phi) is 5.87. The zero-order valence-corrected chi connectivity index (χ0v) is 14.3. The van der Waals surface area contributed by atoms with Crippen LogP contribution in [0.5, 0.6) is 0 Å². The molecule has 0 aromatic heterocycles. The molecule has 1 aliphatic rings. The molecule has 0 radical (unpaired) electrons. The molecule has 1 rings (SSSR count). The third-order valence-electron chi connectivity index (χ3n) is 4.34. The summed E-state index contributed by atoms with van der Waals surface area (Å²) in [4.78, 5) is 16.5. The fraction of sp³-hybridized carbons (Fsp3) is 0.938. The van der Waals surface area contributed by atoms with E-state index < -0.39 is 5.60 Å². The Bertz CT molecular complexity index is 325. The van der Waals surface area contributed by atoms with Gasteiger partial charge in [0, 0.05) is 19.6 Å². The second kappa shape index (κ2) is 6.79. The summed E-state index contributed by atoms with van der Waals surface area (Å²) < 4.78 is 5.49. The summed E-state index contributed by atoms with van der Waals surface area (Å²) in [7, 11) is 1.87. The Morgan fingerprint density at radius 2 is 2.05 bits per heavy atom. The van der Waals surface area contributed by atoms with E-state index in [1.165, 1.54) is 0 Å². The van der Waals surface area contributed by atoms with Crippen LogP contribution in [0.4, 0.5) is 4.79 Å². The van der Waals surface area contributed by atoms with Crippen LogP contribution >= 0.6 is 0 Å². The maximum Gasteiger partial charge on any atom is 0.410 e. The fourth-order valence-electron chi connectivity index (χ4n) is 2.71. The lowest BCUT2D eigenvalue weighted by molar-refractivity contribution is -0.0000263. The van der Waals surface area contributed by atoms with Crippen molar-refractivity contribution in [2.75, 3.05) is 20.1 Å². The Hall–Kier alpha value is -0.770. The number of amides is 1. The molecule has 0 bridgehead atoms. The first-order chi connectivity index (χ1) is 9.15. The fourth-order valence-corrected chi connectivity index (χ4v) is 2.71. The number of likely N-dealkylation sites (tertiary alicyclic amines) is 1. The van der Waals surface area contributed by atoms with E-state index in [1.807, 2.05) is 27.8 Å². The Morgan fingerprint density at radius 3 is 2.55 bits per heavy atom. The monoisotopic (exact) mass is 284 g/mol. The van der Waals surface area contributed by atoms with E-state index in [2.05, 4.69) is 25.7 Å². The molecule has 118 valence electrons. The molecule has 3 atom stereocenters. The van der Waals surface area contributed by atoms with Crippen molar-refractivity contribution < 1.29 is 9.53 Å². The molecule has 20 heavy (non-hydrogen) atoms. The second-order valence-electron chi connectivity index (χ2n) is 7.18. The van der Waals surface area contributed by atoms with Crippen LogP contribution in [-0.2, 0) is 4.74 Å². The minimum absolute atomic E-state index is 0.208. The van der Waals surface area contributed by atoms with Gasteiger partial charge in [-0.15, -0.1) is 0 Å². The molecule has 3 unspecified atom stereocenters. The van der Waals surface area contributed by atoms with Crippen LogP contribution in [0, 0.1) is 5.92 Å². The number of rotatable bonds is 3. The largest absolute Gasteiger partial charge is 0.444 e. The number of likely N-dealkylation sites (N-methyl/N-ethyl adjacent to an activating group) is 1. The van der Waals surface area contributed by atoms with Gasteiger partial charge >= 0.3 is 6.09 Å². The molecule has 1 amide bonds. The van der Waals surface area contributed by atoms with Crippen LogP contribution in [-0.4, -0.2) is 53.7 Å². The summed E-state index contributed by atoms with van der Waals surface area (Å²) in [6.45, 7) is 14.5. The van der Waals surface area contributed by atoms with Gasteiger partial charge in [0.05, 0.1) is 6.04 Å². The third-order valence-corrected chi connectivity index (χ3v) is 4.34. The van der Waals surface area contributed by atoms with Crippen molar-refractivity contribution in [1.29, 1.82) is 0 Å². The topological polar surface area (TPSA) is 32.8 Å².